The second kappa shape index (κ2) is 10.8. The van der Waals surface area contributed by atoms with Crippen LogP contribution in [0, 0.1) is 0 Å². The van der Waals surface area contributed by atoms with Crippen molar-refractivity contribution in [3.05, 3.63) is 70.5 Å². The van der Waals surface area contributed by atoms with Crippen molar-refractivity contribution < 1.29 is 0 Å². The topological polar surface area (TPSA) is 94.3 Å². The molecule has 0 saturated carbocycles. The maximum absolute atomic E-state index is 13.1. The SMILES string of the molecule is CCCCCn1cc(CCCC)n(Cc2ccc(-c3cccnc3-c3nn[nH]n3)cc2)c1=O. The standard InChI is InChI=1S/C25H31N7O/c1-3-5-7-16-31-18-21(9-6-4-2)32(25(31)33)17-19-11-13-20(14-12-19)22-10-8-15-26-23(22)24-27-29-30-28-24/h8,10-15,18H,3-7,9,16-17H2,1-2H3,(H,27,28,29,30). The van der Waals surface area contributed by atoms with Gasteiger partial charge >= 0.3 is 5.69 Å². The summed E-state index contributed by atoms with van der Waals surface area (Å²) in [5.74, 6) is 0.464. The molecule has 8 nitrogen and oxygen atoms in total. The molecule has 0 radical (unpaired) electrons. The van der Waals surface area contributed by atoms with E-state index in [1.165, 1.54) is 0 Å². The van der Waals surface area contributed by atoms with Gasteiger partial charge in [0.2, 0.25) is 5.82 Å². The fraction of sp³-hybridized carbons (Fsp3) is 0.400. The van der Waals surface area contributed by atoms with Crippen LogP contribution >= 0.6 is 0 Å². The Hall–Kier alpha value is -3.55. The van der Waals surface area contributed by atoms with Gasteiger partial charge in [-0.2, -0.15) is 5.21 Å². The van der Waals surface area contributed by atoms with Crippen LogP contribution in [0.2, 0.25) is 0 Å². The highest BCUT2D eigenvalue weighted by molar-refractivity contribution is 5.77. The predicted octanol–water partition coefficient (Wildman–Crippen LogP) is 4.47. The minimum Gasteiger partial charge on any atom is -0.299 e. The van der Waals surface area contributed by atoms with E-state index in [1.54, 1.807) is 6.20 Å². The fourth-order valence-corrected chi connectivity index (χ4v) is 4.05. The summed E-state index contributed by atoms with van der Waals surface area (Å²) in [7, 11) is 0. The number of aryl methyl sites for hydroxylation is 2. The van der Waals surface area contributed by atoms with E-state index in [1.807, 2.05) is 21.3 Å². The second-order valence-corrected chi connectivity index (χ2v) is 8.33. The average molecular weight is 446 g/mol. The van der Waals surface area contributed by atoms with Gasteiger partial charge in [0, 0.05) is 30.2 Å². The molecule has 0 aliphatic carbocycles. The lowest BCUT2D eigenvalue weighted by molar-refractivity contribution is 0.573. The number of benzene rings is 1. The summed E-state index contributed by atoms with van der Waals surface area (Å²) in [5, 5.41) is 14.3. The van der Waals surface area contributed by atoms with Crippen LogP contribution in [0.25, 0.3) is 22.6 Å². The van der Waals surface area contributed by atoms with Crippen molar-refractivity contribution in [3.63, 3.8) is 0 Å². The van der Waals surface area contributed by atoms with Crippen LogP contribution in [-0.2, 0) is 19.5 Å². The molecule has 0 amide bonds. The largest absolute Gasteiger partial charge is 0.328 e. The fourth-order valence-electron chi connectivity index (χ4n) is 4.05. The lowest BCUT2D eigenvalue weighted by atomic mass is 10.0. The summed E-state index contributed by atoms with van der Waals surface area (Å²) in [6.07, 6.45) is 10.2. The Labute approximate surface area is 193 Å². The smallest absolute Gasteiger partial charge is 0.299 e. The zero-order valence-electron chi connectivity index (χ0n) is 19.4. The van der Waals surface area contributed by atoms with E-state index in [2.05, 4.69) is 69.9 Å². The van der Waals surface area contributed by atoms with Gasteiger partial charge in [0.1, 0.15) is 5.69 Å². The number of imidazole rings is 1. The molecular formula is C25H31N7O. The predicted molar refractivity (Wildman–Crippen MR) is 129 cm³/mol. The Kier molecular flexibility index (Phi) is 7.44. The van der Waals surface area contributed by atoms with Crippen LogP contribution in [0.1, 0.15) is 57.2 Å². The number of hydrogen-bond acceptors (Lipinski definition) is 5. The van der Waals surface area contributed by atoms with Crippen LogP contribution in [0.5, 0.6) is 0 Å². The van der Waals surface area contributed by atoms with Crippen LogP contribution in [0.4, 0.5) is 0 Å². The van der Waals surface area contributed by atoms with E-state index in [4.69, 9.17) is 0 Å². The van der Waals surface area contributed by atoms with Gasteiger partial charge in [-0.3, -0.25) is 14.1 Å². The van der Waals surface area contributed by atoms with Gasteiger partial charge in [-0.1, -0.05) is 63.4 Å². The quantitative estimate of drug-likeness (QED) is 0.344. The molecule has 8 heteroatoms. The van der Waals surface area contributed by atoms with Gasteiger partial charge in [0.15, 0.2) is 0 Å². The van der Waals surface area contributed by atoms with E-state index in [-0.39, 0.29) is 5.69 Å². The Bertz CT molecular complexity index is 1210. The Morgan fingerprint density at radius 3 is 2.55 bits per heavy atom. The number of rotatable bonds is 11. The molecule has 0 saturated heterocycles. The molecule has 1 aromatic carbocycles. The molecule has 3 heterocycles. The first-order valence-corrected chi connectivity index (χ1v) is 11.8. The summed E-state index contributed by atoms with van der Waals surface area (Å²) in [6.45, 7) is 5.73. The molecule has 0 spiro atoms. The number of pyridine rings is 1. The molecule has 4 aromatic rings. The summed E-state index contributed by atoms with van der Waals surface area (Å²) < 4.78 is 3.83. The summed E-state index contributed by atoms with van der Waals surface area (Å²) >= 11 is 0. The van der Waals surface area contributed by atoms with Gasteiger partial charge in [-0.05, 0) is 41.7 Å². The first kappa shape index (κ1) is 22.6. The second-order valence-electron chi connectivity index (χ2n) is 8.33. The third-order valence-electron chi connectivity index (χ3n) is 5.89. The highest BCUT2D eigenvalue weighted by atomic mass is 16.1. The highest BCUT2D eigenvalue weighted by Gasteiger charge is 2.14. The number of nitrogens with one attached hydrogen (secondary N) is 1. The van der Waals surface area contributed by atoms with E-state index in [0.717, 1.165) is 67.5 Å². The van der Waals surface area contributed by atoms with Gasteiger partial charge in [0.05, 0.1) is 6.54 Å². The Balaban J connectivity index is 1.58. The summed E-state index contributed by atoms with van der Waals surface area (Å²) in [4.78, 5) is 17.6. The normalized spacial score (nSPS) is 11.2. The van der Waals surface area contributed by atoms with Crippen LogP contribution in [-0.4, -0.2) is 34.7 Å². The first-order chi connectivity index (χ1) is 16.2. The van der Waals surface area contributed by atoms with Gasteiger partial charge in [-0.15, -0.1) is 10.2 Å². The average Bonchev–Trinajstić information content (AvgIpc) is 3.48. The van der Waals surface area contributed by atoms with Crippen LogP contribution < -0.4 is 5.69 Å². The Morgan fingerprint density at radius 1 is 1.00 bits per heavy atom. The van der Waals surface area contributed by atoms with Crippen molar-refractivity contribution in [2.75, 3.05) is 0 Å². The van der Waals surface area contributed by atoms with Crippen LogP contribution in [0.15, 0.2) is 53.6 Å². The van der Waals surface area contributed by atoms with E-state index < -0.39 is 0 Å². The molecule has 0 aliphatic heterocycles. The number of aromatic nitrogens is 7. The number of hydrogen-bond donors (Lipinski definition) is 1. The summed E-state index contributed by atoms with van der Waals surface area (Å²) in [6, 6.07) is 12.2. The minimum atomic E-state index is 0.0907. The maximum Gasteiger partial charge on any atom is 0.328 e. The molecule has 172 valence electrons. The molecule has 4 rings (SSSR count). The molecule has 0 unspecified atom stereocenters. The van der Waals surface area contributed by atoms with Crippen molar-refractivity contribution in [2.24, 2.45) is 0 Å². The molecule has 33 heavy (non-hydrogen) atoms. The molecule has 3 aromatic heterocycles. The molecule has 0 fully saturated rings. The lowest BCUT2D eigenvalue weighted by Crippen LogP contribution is -2.25. The van der Waals surface area contributed by atoms with Crippen molar-refractivity contribution in [3.8, 4) is 22.6 Å². The molecule has 0 atom stereocenters. The first-order valence-electron chi connectivity index (χ1n) is 11.8. The zero-order valence-corrected chi connectivity index (χ0v) is 19.4. The monoisotopic (exact) mass is 445 g/mol. The van der Waals surface area contributed by atoms with E-state index >= 15 is 0 Å². The molecule has 0 aliphatic rings. The van der Waals surface area contributed by atoms with E-state index in [0.29, 0.717) is 18.1 Å². The molecule has 1 N–H and O–H groups in total. The van der Waals surface area contributed by atoms with Crippen molar-refractivity contribution in [1.29, 1.82) is 0 Å². The Morgan fingerprint density at radius 2 is 1.82 bits per heavy atom. The maximum atomic E-state index is 13.1. The lowest BCUT2D eigenvalue weighted by Gasteiger charge is -2.09. The molecule has 0 bridgehead atoms. The minimum absolute atomic E-state index is 0.0907. The summed E-state index contributed by atoms with van der Waals surface area (Å²) in [5.41, 5.74) is 4.94. The van der Waals surface area contributed by atoms with Crippen molar-refractivity contribution >= 4 is 0 Å². The van der Waals surface area contributed by atoms with Gasteiger partial charge in [0.25, 0.3) is 0 Å². The van der Waals surface area contributed by atoms with Gasteiger partial charge < -0.3 is 0 Å². The third-order valence-corrected chi connectivity index (χ3v) is 5.89. The number of nitrogens with zero attached hydrogens (tertiary/aromatic N) is 6. The molecular weight excluding hydrogens is 414 g/mol. The van der Waals surface area contributed by atoms with E-state index in [9.17, 15) is 4.79 Å². The zero-order chi connectivity index (χ0) is 23.0. The number of tetrazole rings is 1. The van der Waals surface area contributed by atoms with Crippen LogP contribution in [0.3, 0.4) is 0 Å². The van der Waals surface area contributed by atoms with Gasteiger partial charge in [-0.25, -0.2) is 4.79 Å². The number of aromatic amines is 1. The van der Waals surface area contributed by atoms with Crippen molar-refractivity contribution in [1.82, 2.24) is 34.7 Å². The number of H-pyrrole nitrogens is 1. The van der Waals surface area contributed by atoms with Crippen molar-refractivity contribution in [2.45, 2.75) is 65.5 Å². The highest BCUT2D eigenvalue weighted by Crippen LogP contribution is 2.28. The third kappa shape index (κ3) is 5.27. The number of unbranched alkanes of at least 4 members (excludes halogenated alkanes) is 3.